The average Bonchev–Trinajstić information content (AvgIpc) is 2.99. The summed E-state index contributed by atoms with van der Waals surface area (Å²) in [5, 5.41) is 12.5. The van der Waals surface area contributed by atoms with Crippen LogP contribution >= 0.6 is 0 Å². The predicted octanol–water partition coefficient (Wildman–Crippen LogP) is 1.47. The lowest BCUT2D eigenvalue weighted by Gasteiger charge is -2.29. The second-order valence-corrected chi connectivity index (χ2v) is 5.35. The third kappa shape index (κ3) is 5.28. The largest absolute Gasteiger partial charge is 0.396 e. The summed E-state index contributed by atoms with van der Waals surface area (Å²) in [5.41, 5.74) is 0. The molecule has 3 heteroatoms. The van der Waals surface area contributed by atoms with Crippen molar-refractivity contribution in [1.29, 1.82) is 0 Å². The van der Waals surface area contributed by atoms with E-state index in [9.17, 15) is 0 Å². The average molecular weight is 228 g/mol. The molecule has 0 aromatic heterocycles. The van der Waals surface area contributed by atoms with Crippen LogP contribution in [0.3, 0.4) is 0 Å². The van der Waals surface area contributed by atoms with Gasteiger partial charge in [-0.1, -0.05) is 20.8 Å². The van der Waals surface area contributed by atoms with Gasteiger partial charge in [0.1, 0.15) is 0 Å². The molecule has 0 bridgehead atoms. The Bertz CT molecular complexity index is 175. The summed E-state index contributed by atoms with van der Waals surface area (Å²) in [5.74, 6) is 0.733. The van der Waals surface area contributed by atoms with E-state index in [-0.39, 0.29) is 6.61 Å². The lowest BCUT2D eigenvalue weighted by atomic mass is 10.1. The fourth-order valence-electron chi connectivity index (χ4n) is 2.27. The summed E-state index contributed by atoms with van der Waals surface area (Å²) in [7, 11) is 0. The van der Waals surface area contributed by atoms with Crippen molar-refractivity contribution in [3.8, 4) is 0 Å². The number of nitrogens with one attached hydrogen (secondary N) is 1. The first kappa shape index (κ1) is 13.9. The Kier molecular flexibility index (Phi) is 6.32. The molecule has 0 radical (unpaired) electrons. The molecule has 0 saturated heterocycles. The summed E-state index contributed by atoms with van der Waals surface area (Å²) in [4.78, 5) is 2.60. The second kappa shape index (κ2) is 7.25. The Morgan fingerprint density at radius 3 is 2.44 bits per heavy atom. The molecule has 1 fully saturated rings. The lowest BCUT2D eigenvalue weighted by molar-refractivity contribution is 0.187. The lowest BCUT2D eigenvalue weighted by Crippen LogP contribution is -2.43. The number of nitrogens with zero attached hydrogens (tertiary/aromatic N) is 1. The fraction of sp³-hybridized carbons (Fsp3) is 1.00. The van der Waals surface area contributed by atoms with Crippen LogP contribution in [-0.4, -0.2) is 48.3 Å². The van der Waals surface area contributed by atoms with E-state index < -0.39 is 0 Å². The standard InChI is InChI=1S/C13H28N2O/c1-4-14-12(7-8-16)10-15(9-11(2)3)13-5-6-13/h11-14,16H,4-10H2,1-3H3. The second-order valence-electron chi connectivity index (χ2n) is 5.35. The minimum Gasteiger partial charge on any atom is -0.396 e. The molecule has 2 N–H and O–H groups in total. The molecule has 0 spiro atoms. The topological polar surface area (TPSA) is 35.5 Å². The first-order valence-corrected chi connectivity index (χ1v) is 6.75. The molecule has 1 aliphatic carbocycles. The van der Waals surface area contributed by atoms with E-state index in [1.165, 1.54) is 19.4 Å². The SMILES string of the molecule is CCNC(CCO)CN(CC(C)C)C1CC1. The van der Waals surface area contributed by atoms with E-state index in [1.807, 2.05) is 0 Å². The van der Waals surface area contributed by atoms with Crippen molar-refractivity contribution in [2.45, 2.75) is 52.1 Å². The highest BCUT2D eigenvalue weighted by molar-refractivity contribution is 4.87. The van der Waals surface area contributed by atoms with Crippen LogP contribution in [0.15, 0.2) is 0 Å². The molecule has 1 saturated carbocycles. The van der Waals surface area contributed by atoms with Crippen LogP contribution in [0.5, 0.6) is 0 Å². The van der Waals surface area contributed by atoms with Gasteiger partial charge in [0.05, 0.1) is 0 Å². The maximum Gasteiger partial charge on any atom is 0.0446 e. The zero-order valence-electron chi connectivity index (χ0n) is 11.1. The van der Waals surface area contributed by atoms with Gasteiger partial charge in [0.15, 0.2) is 0 Å². The maximum absolute atomic E-state index is 9.05. The Hall–Kier alpha value is -0.120. The summed E-state index contributed by atoms with van der Waals surface area (Å²) in [6.07, 6.45) is 3.60. The molecule has 0 aromatic carbocycles. The minimum atomic E-state index is 0.290. The molecule has 1 unspecified atom stereocenters. The van der Waals surface area contributed by atoms with Gasteiger partial charge in [-0.2, -0.15) is 0 Å². The van der Waals surface area contributed by atoms with Gasteiger partial charge in [0, 0.05) is 31.8 Å². The molecule has 0 amide bonds. The highest BCUT2D eigenvalue weighted by Crippen LogP contribution is 2.27. The fourth-order valence-corrected chi connectivity index (χ4v) is 2.27. The van der Waals surface area contributed by atoms with Gasteiger partial charge in [-0.15, -0.1) is 0 Å². The van der Waals surface area contributed by atoms with Gasteiger partial charge >= 0.3 is 0 Å². The number of aliphatic hydroxyl groups excluding tert-OH is 1. The van der Waals surface area contributed by atoms with E-state index in [0.29, 0.717) is 6.04 Å². The van der Waals surface area contributed by atoms with Crippen LogP contribution < -0.4 is 5.32 Å². The summed E-state index contributed by atoms with van der Waals surface area (Å²) >= 11 is 0. The van der Waals surface area contributed by atoms with Gasteiger partial charge in [-0.3, -0.25) is 4.90 Å². The van der Waals surface area contributed by atoms with Gasteiger partial charge in [-0.05, 0) is 31.7 Å². The summed E-state index contributed by atoms with van der Waals surface area (Å²) in [6, 6.07) is 1.27. The number of rotatable bonds is 9. The van der Waals surface area contributed by atoms with Crippen molar-refractivity contribution < 1.29 is 5.11 Å². The Balaban J connectivity index is 2.37. The van der Waals surface area contributed by atoms with Crippen molar-refractivity contribution in [1.82, 2.24) is 10.2 Å². The number of likely N-dealkylation sites (N-methyl/N-ethyl adjacent to an activating group) is 1. The van der Waals surface area contributed by atoms with Gasteiger partial charge < -0.3 is 10.4 Å². The molecule has 1 atom stereocenters. The van der Waals surface area contributed by atoms with Crippen molar-refractivity contribution >= 4 is 0 Å². The predicted molar refractivity (Wildman–Crippen MR) is 68.6 cm³/mol. The Morgan fingerprint density at radius 1 is 1.31 bits per heavy atom. The third-order valence-electron chi connectivity index (χ3n) is 3.09. The van der Waals surface area contributed by atoms with Crippen LogP contribution in [0.1, 0.15) is 40.0 Å². The van der Waals surface area contributed by atoms with Gasteiger partial charge in [0.25, 0.3) is 0 Å². The number of hydrogen-bond donors (Lipinski definition) is 2. The highest BCUT2D eigenvalue weighted by Gasteiger charge is 2.30. The highest BCUT2D eigenvalue weighted by atomic mass is 16.3. The Morgan fingerprint density at radius 2 is 2.00 bits per heavy atom. The first-order chi connectivity index (χ1) is 7.67. The molecule has 16 heavy (non-hydrogen) atoms. The van der Waals surface area contributed by atoms with Crippen LogP contribution in [0, 0.1) is 5.92 Å². The smallest absolute Gasteiger partial charge is 0.0446 e. The zero-order chi connectivity index (χ0) is 12.0. The molecular weight excluding hydrogens is 200 g/mol. The van der Waals surface area contributed by atoms with Crippen molar-refractivity contribution in [2.75, 3.05) is 26.2 Å². The van der Waals surface area contributed by atoms with Crippen LogP contribution in [0.25, 0.3) is 0 Å². The minimum absolute atomic E-state index is 0.290. The Labute approximate surface area is 100 Å². The van der Waals surface area contributed by atoms with Crippen molar-refractivity contribution in [2.24, 2.45) is 5.92 Å². The molecule has 1 rings (SSSR count). The van der Waals surface area contributed by atoms with Crippen molar-refractivity contribution in [3.63, 3.8) is 0 Å². The molecule has 0 aromatic rings. The molecule has 1 aliphatic rings. The van der Waals surface area contributed by atoms with Crippen LogP contribution in [0.4, 0.5) is 0 Å². The quantitative estimate of drug-likeness (QED) is 0.627. The number of hydrogen-bond acceptors (Lipinski definition) is 3. The molecule has 3 nitrogen and oxygen atoms in total. The first-order valence-electron chi connectivity index (χ1n) is 6.75. The zero-order valence-corrected chi connectivity index (χ0v) is 11.1. The van der Waals surface area contributed by atoms with E-state index in [2.05, 4.69) is 31.0 Å². The molecule has 0 aliphatic heterocycles. The molecular formula is C13H28N2O. The van der Waals surface area contributed by atoms with Gasteiger partial charge in [-0.25, -0.2) is 0 Å². The van der Waals surface area contributed by atoms with Crippen LogP contribution in [-0.2, 0) is 0 Å². The summed E-state index contributed by atoms with van der Waals surface area (Å²) < 4.78 is 0. The number of aliphatic hydroxyl groups is 1. The third-order valence-corrected chi connectivity index (χ3v) is 3.09. The van der Waals surface area contributed by atoms with E-state index >= 15 is 0 Å². The van der Waals surface area contributed by atoms with Crippen LogP contribution in [0.2, 0.25) is 0 Å². The van der Waals surface area contributed by atoms with Gasteiger partial charge in [0.2, 0.25) is 0 Å². The normalized spacial score (nSPS) is 18.4. The molecule has 96 valence electrons. The monoisotopic (exact) mass is 228 g/mol. The maximum atomic E-state index is 9.05. The van der Waals surface area contributed by atoms with E-state index in [1.54, 1.807) is 0 Å². The van der Waals surface area contributed by atoms with E-state index in [0.717, 1.165) is 31.5 Å². The molecule has 0 heterocycles. The van der Waals surface area contributed by atoms with Crippen molar-refractivity contribution in [3.05, 3.63) is 0 Å². The van der Waals surface area contributed by atoms with E-state index in [4.69, 9.17) is 5.11 Å². The summed E-state index contributed by atoms with van der Waals surface area (Å²) in [6.45, 7) is 10.3.